The zero-order valence-electron chi connectivity index (χ0n) is 18.9. The third-order valence-electron chi connectivity index (χ3n) is 6.21. The Morgan fingerprint density at radius 2 is 2.06 bits per heavy atom. The van der Waals surface area contributed by atoms with E-state index in [1.165, 1.54) is 11.3 Å². The summed E-state index contributed by atoms with van der Waals surface area (Å²) in [6.45, 7) is 5.39. The molecule has 2 unspecified atom stereocenters. The normalized spacial score (nSPS) is 21.1. The predicted molar refractivity (Wildman–Crippen MR) is 130 cm³/mol. The van der Waals surface area contributed by atoms with Crippen molar-refractivity contribution >= 4 is 33.9 Å². The number of thiazole rings is 1. The molecule has 0 amide bonds. The number of nitrogens with zero attached hydrogens (tertiary/aromatic N) is 7. The quantitative estimate of drug-likeness (QED) is 0.416. The van der Waals surface area contributed by atoms with Gasteiger partial charge in [0.05, 0.1) is 10.9 Å². The van der Waals surface area contributed by atoms with Crippen LogP contribution < -0.4 is 10.6 Å². The lowest BCUT2D eigenvalue weighted by Crippen LogP contribution is -2.52. The first-order chi connectivity index (χ1) is 16.1. The van der Waals surface area contributed by atoms with Crippen molar-refractivity contribution in [3.8, 4) is 6.07 Å². The number of nitrogens with one attached hydrogen (secondary N) is 2. The average molecular weight is 468 g/mol. The van der Waals surface area contributed by atoms with Crippen molar-refractivity contribution in [2.24, 2.45) is 5.18 Å². The Bertz CT molecular complexity index is 1110. The molecular formula is C22H29N9OS. The Kier molecular flexibility index (Phi) is 7.47. The lowest BCUT2D eigenvalue weighted by atomic mass is 9.88. The molecular weight excluding hydrogens is 438 g/mol. The van der Waals surface area contributed by atoms with Crippen molar-refractivity contribution in [1.29, 1.82) is 5.26 Å². The van der Waals surface area contributed by atoms with Gasteiger partial charge in [-0.3, -0.25) is 9.30 Å². The molecule has 4 rings (SSSR count). The summed E-state index contributed by atoms with van der Waals surface area (Å²) in [7, 11) is 0. The third-order valence-corrected chi connectivity index (χ3v) is 7.10. The highest BCUT2D eigenvalue weighted by Gasteiger charge is 2.34. The maximum absolute atomic E-state index is 10.5. The van der Waals surface area contributed by atoms with E-state index >= 15 is 0 Å². The van der Waals surface area contributed by atoms with Gasteiger partial charge < -0.3 is 10.6 Å². The minimum atomic E-state index is 0.114. The summed E-state index contributed by atoms with van der Waals surface area (Å²) in [4.78, 5) is 27.4. The van der Waals surface area contributed by atoms with Crippen LogP contribution in [0.25, 0.3) is 5.65 Å². The Labute approximate surface area is 197 Å². The standard InChI is InChI=1S/C22H29N9OS/c1-3-16-10-15(11-17(4-2)30(16)8-5-6-23)27-21-28-19(12-20-24-7-9-31(20)21)29-22-25-13-18(33-22)14-26-32/h7,9,12-13,15-17H,3-5,8,10-11,14H2,1-2H3,(H,25,29)(H,27,28). The molecule has 1 fully saturated rings. The molecule has 174 valence electrons. The van der Waals surface area contributed by atoms with Crippen LogP contribution in [0.15, 0.2) is 29.8 Å². The van der Waals surface area contributed by atoms with E-state index in [4.69, 9.17) is 10.2 Å². The van der Waals surface area contributed by atoms with Gasteiger partial charge in [0.2, 0.25) is 5.95 Å². The maximum atomic E-state index is 10.5. The fraction of sp³-hybridized carbons (Fsp3) is 0.545. The van der Waals surface area contributed by atoms with E-state index in [1.54, 1.807) is 12.4 Å². The number of piperidine rings is 1. The van der Waals surface area contributed by atoms with E-state index in [2.05, 4.69) is 50.6 Å². The molecule has 10 nitrogen and oxygen atoms in total. The molecule has 0 radical (unpaired) electrons. The fourth-order valence-corrected chi connectivity index (χ4v) is 5.40. The van der Waals surface area contributed by atoms with Crippen molar-refractivity contribution in [3.63, 3.8) is 0 Å². The highest BCUT2D eigenvalue weighted by molar-refractivity contribution is 7.15. The topological polar surface area (TPSA) is 124 Å². The SMILES string of the molecule is CCC1CC(Nc2nc(Nc3ncc(CN=O)s3)cc3nccn23)CC(CC)N1CCC#N. The number of aromatic nitrogens is 4. The van der Waals surface area contributed by atoms with Gasteiger partial charge in [-0.1, -0.05) is 30.4 Å². The summed E-state index contributed by atoms with van der Waals surface area (Å²) >= 11 is 1.38. The van der Waals surface area contributed by atoms with Crippen molar-refractivity contribution in [2.75, 3.05) is 17.2 Å². The number of nitroso groups, excluding NO2 is 1. The Morgan fingerprint density at radius 3 is 2.76 bits per heavy atom. The van der Waals surface area contributed by atoms with Gasteiger partial charge in [-0.05, 0) is 25.7 Å². The maximum Gasteiger partial charge on any atom is 0.210 e. The van der Waals surface area contributed by atoms with Crippen molar-refractivity contribution in [3.05, 3.63) is 34.4 Å². The minimum Gasteiger partial charge on any atom is -0.352 e. The van der Waals surface area contributed by atoms with Gasteiger partial charge >= 0.3 is 0 Å². The Balaban J connectivity index is 1.54. The molecule has 1 saturated heterocycles. The molecule has 11 heteroatoms. The molecule has 2 N–H and O–H groups in total. The molecule has 2 atom stereocenters. The number of imidazole rings is 1. The summed E-state index contributed by atoms with van der Waals surface area (Å²) < 4.78 is 1.96. The molecule has 1 aliphatic heterocycles. The largest absolute Gasteiger partial charge is 0.352 e. The molecule has 3 aromatic heterocycles. The van der Waals surface area contributed by atoms with E-state index in [0.717, 1.165) is 48.7 Å². The van der Waals surface area contributed by atoms with E-state index < -0.39 is 0 Å². The van der Waals surface area contributed by atoms with Crippen LogP contribution in [0.2, 0.25) is 0 Å². The van der Waals surface area contributed by atoms with Gasteiger partial charge in [0.15, 0.2) is 5.13 Å². The number of likely N-dealkylation sites (tertiary alicyclic amines) is 1. The number of hydrogen-bond donors (Lipinski definition) is 2. The van der Waals surface area contributed by atoms with Crippen LogP contribution in [0.4, 0.5) is 16.9 Å². The highest BCUT2D eigenvalue weighted by Crippen LogP contribution is 2.30. The minimum absolute atomic E-state index is 0.114. The average Bonchev–Trinajstić information content (AvgIpc) is 3.47. The Morgan fingerprint density at radius 1 is 1.27 bits per heavy atom. The van der Waals surface area contributed by atoms with Crippen molar-refractivity contribution in [2.45, 2.75) is 70.6 Å². The smallest absolute Gasteiger partial charge is 0.210 e. The van der Waals surface area contributed by atoms with Gasteiger partial charge in [-0.15, -0.1) is 0 Å². The summed E-state index contributed by atoms with van der Waals surface area (Å²) in [5.74, 6) is 1.38. The molecule has 1 aliphatic rings. The molecule has 0 aromatic carbocycles. The van der Waals surface area contributed by atoms with Crippen LogP contribution in [0, 0.1) is 16.2 Å². The monoisotopic (exact) mass is 467 g/mol. The summed E-state index contributed by atoms with van der Waals surface area (Å²) in [6.07, 6.45) is 9.99. The van der Waals surface area contributed by atoms with Crippen LogP contribution in [-0.2, 0) is 6.54 Å². The number of hydrogen-bond acceptors (Lipinski definition) is 10. The van der Waals surface area contributed by atoms with Crippen molar-refractivity contribution < 1.29 is 0 Å². The van der Waals surface area contributed by atoms with E-state index in [-0.39, 0.29) is 12.6 Å². The van der Waals surface area contributed by atoms with Crippen molar-refractivity contribution in [1.82, 2.24) is 24.3 Å². The Hall–Kier alpha value is -3.10. The number of rotatable bonds is 10. The first-order valence-corrected chi connectivity index (χ1v) is 12.2. The summed E-state index contributed by atoms with van der Waals surface area (Å²) in [6, 6.07) is 5.32. The summed E-state index contributed by atoms with van der Waals surface area (Å²) in [5, 5.41) is 19.6. The fourth-order valence-electron chi connectivity index (χ4n) is 4.67. The molecule has 0 spiro atoms. The van der Waals surface area contributed by atoms with E-state index in [1.807, 2.05) is 16.7 Å². The first-order valence-electron chi connectivity index (χ1n) is 11.4. The van der Waals surface area contributed by atoms with Gasteiger partial charge in [0.1, 0.15) is 18.0 Å². The molecule has 3 aromatic rings. The van der Waals surface area contributed by atoms with Gasteiger partial charge in [-0.25, -0.2) is 9.97 Å². The van der Waals surface area contributed by atoms with Gasteiger partial charge in [-0.2, -0.15) is 15.2 Å². The van der Waals surface area contributed by atoms with Crippen LogP contribution >= 0.6 is 11.3 Å². The highest BCUT2D eigenvalue weighted by atomic mass is 32.1. The predicted octanol–water partition coefficient (Wildman–Crippen LogP) is 4.54. The second-order valence-electron chi connectivity index (χ2n) is 8.25. The summed E-state index contributed by atoms with van der Waals surface area (Å²) in [5.41, 5.74) is 0.784. The number of fused-ring (bicyclic) bond motifs is 1. The third kappa shape index (κ3) is 5.29. The number of anilines is 3. The molecule has 0 saturated carbocycles. The molecule has 33 heavy (non-hydrogen) atoms. The molecule has 0 aliphatic carbocycles. The second-order valence-corrected chi connectivity index (χ2v) is 9.36. The number of nitriles is 1. The van der Waals surface area contributed by atoms with Crippen LogP contribution in [0.3, 0.4) is 0 Å². The van der Waals surface area contributed by atoms with Gasteiger partial charge in [0.25, 0.3) is 0 Å². The lowest BCUT2D eigenvalue weighted by molar-refractivity contribution is 0.0734. The van der Waals surface area contributed by atoms with Crippen LogP contribution in [0.1, 0.15) is 50.8 Å². The van der Waals surface area contributed by atoms with Crippen LogP contribution in [0.5, 0.6) is 0 Å². The van der Waals surface area contributed by atoms with E-state index in [9.17, 15) is 4.91 Å². The molecule has 0 bridgehead atoms. The lowest BCUT2D eigenvalue weighted by Gasteiger charge is -2.45. The van der Waals surface area contributed by atoms with Crippen LogP contribution in [-0.4, -0.2) is 48.9 Å². The second kappa shape index (κ2) is 10.7. The zero-order valence-corrected chi connectivity index (χ0v) is 19.8. The zero-order chi connectivity index (χ0) is 23.2. The van der Waals surface area contributed by atoms with Gasteiger partial charge in [0, 0.05) is 55.7 Å². The first kappa shape index (κ1) is 23.1. The molecule has 4 heterocycles. The van der Waals surface area contributed by atoms with E-state index in [0.29, 0.717) is 29.5 Å².